The highest BCUT2D eigenvalue weighted by molar-refractivity contribution is 5.94. The van der Waals surface area contributed by atoms with E-state index in [4.69, 9.17) is 5.73 Å². The maximum Gasteiger partial charge on any atom is 0.246 e. The van der Waals surface area contributed by atoms with Gasteiger partial charge in [0.25, 0.3) is 0 Å². The number of nitrogens with two attached hydrogens (primary N) is 1. The number of amides is 3. The van der Waals surface area contributed by atoms with Gasteiger partial charge in [-0.05, 0) is 32.2 Å². The average molecular weight is 310 g/mol. The summed E-state index contributed by atoms with van der Waals surface area (Å²) in [7, 11) is 0. The zero-order valence-electron chi connectivity index (χ0n) is 13.0. The lowest BCUT2D eigenvalue weighted by Crippen LogP contribution is -2.61. The van der Waals surface area contributed by atoms with Gasteiger partial charge in [0.05, 0.1) is 12.6 Å². The number of nitrogens with one attached hydrogen (secondary N) is 3. The van der Waals surface area contributed by atoms with Crippen LogP contribution in [0.4, 0.5) is 0 Å². The minimum atomic E-state index is -0.909. The molecule has 1 saturated heterocycles. The fraction of sp³-hybridized carbons (Fsp3) is 0.800. The van der Waals surface area contributed by atoms with Crippen LogP contribution in [-0.2, 0) is 14.4 Å². The van der Waals surface area contributed by atoms with Gasteiger partial charge in [-0.25, -0.2) is 0 Å². The second-order valence-electron chi connectivity index (χ2n) is 6.28. The Morgan fingerprint density at radius 2 is 1.77 bits per heavy atom. The van der Waals surface area contributed by atoms with Gasteiger partial charge in [0.1, 0.15) is 5.54 Å². The van der Waals surface area contributed by atoms with Crippen molar-refractivity contribution < 1.29 is 14.4 Å². The van der Waals surface area contributed by atoms with Gasteiger partial charge < -0.3 is 21.7 Å². The zero-order chi connectivity index (χ0) is 16.0. The van der Waals surface area contributed by atoms with E-state index in [2.05, 4.69) is 16.0 Å². The SMILES string of the molecule is NC(=O)CNC(=O)C1(NC(=O)[C@@H]2CCCN2)CCCCCC1. The molecule has 0 spiro atoms. The first-order valence-electron chi connectivity index (χ1n) is 8.15. The molecular weight excluding hydrogens is 284 g/mol. The number of rotatable bonds is 5. The van der Waals surface area contributed by atoms with Crippen LogP contribution >= 0.6 is 0 Å². The Morgan fingerprint density at radius 3 is 2.32 bits per heavy atom. The van der Waals surface area contributed by atoms with E-state index >= 15 is 0 Å². The van der Waals surface area contributed by atoms with Gasteiger partial charge >= 0.3 is 0 Å². The Labute approximate surface area is 130 Å². The molecule has 22 heavy (non-hydrogen) atoms. The molecule has 1 saturated carbocycles. The molecule has 1 atom stereocenters. The molecule has 0 aromatic rings. The van der Waals surface area contributed by atoms with Gasteiger partial charge in [-0.1, -0.05) is 25.7 Å². The number of hydrogen-bond acceptors (Lipinski definition) is 4. The second-order valence-corrected chi connectivity index (χ2v) is 6.28. The van der Waals surface area contributed by atoms with Crippen LogP contribution in [0.2, 0.25) is 0 Å². The smallest absolute Gasteiger partial charge is 0.246 e. The molecular formula is C15H26N4O3. The van der Waals surface area contributed by atoms with E-state index in [0.29, 0.717) is 12.8 Å². The summed E-state index contributed by atoms with van der Waals surface area (Å²) >= 11 is 0. The lowest BCUT2D eigenvalue weighted by Gasteiger charge is -2.33. The van der Waals surface area contributed by atoms with Crippen LogP contribution in [0, 0.1) is 0 Å². The van der Waals surface area contributed by atoms with Gasteiger partial charge in [0.2, 0.25) is 17.7 Å². The summed E-state index contributed by atoms with van der Waals surface area (Å²) in [5.74, 6) is -0.992. The fourth-order valence-corrected chi connectivity index (χ4v) is 3.31. The molecule has 1 aliphatic heterocycles. The normalized spacial score (nSPS) is 24.3. The number of primary amides is 1. The molecule has 2 aliphatic rings. The van der Waals surface area contributed by atoms with E-state index in [1.54, 1.807) is 0 Å². The molecule has 7 nitrogen and oxygen atoms in total. The third kappa shape index (κ3) is 4.19. The van der Waals surface area contributed by atoms with Crippen LogP contribution in [0.5, 0.6) is 0 Å². The lowest BCUT2D eigenvalue weighted by molar-refractivity contribution is -0.135. The van der Waals surface area contributed by atoms with E-state index in [-0.39, 0.29) is 24.4 Å². The standard InChI is InChI=1S/C15H26N4O3/c16-12(20)10-18-14(22)15(7-3-1-2-4-8-15)19-13(21)11-6-5-9-17-11/h11,17H,1-10H2,(H2,16,20)(H,18,22)(H,19,21)/t11-/m0/s1. The van der Waals surface area contributed by atoms with Crippen molar-refractivity contribution in [1.82, 2.24) is 16.0 Å². The van der Waals surface area contributed by atoms with Crippen molar-refractivity contribution in [2.75, 3.05) is 13.1 Å². The van der Waals surface area contributed by atoms with Crippen LogP contribution in [0.1, 0.15) is 51.4 Å². The first kappa shape index (κ1) is 16.7. The highest BCUT2D eigenvalue weighted by Gasteiger charge is 2.41. The minimum Gasteiger partial charge on any atom is -0.368 e. The maximum absolute atomic E-state index is 12.6. The van der Waals surface area contributed by atoms with Gasteiger partial charge in [0, 0.05) is 0 Å². The lowest BCUT2D eigenvalue weighted by atomic mass is 9.88. The number of carbonyl (C=O) groups is 3. The largest absolute Gasteiger partial charge is 0.368 e. The van der Waals surface area contributed by atoms with Crippen LogP contribution < -0.4 is 21.7 Å². The third-order valence-corrected chi connectivity index (χ3v) is 4.55. The van der Waals surface area contributed by atoms with Crippen molar-refractivity contribution in [3.8, 4) is 0 Å². The van der Waals surface area contributed by atoms with Crippen molar-refractivity contribution >= 4 is 17.7 Å². The predicted octanol–water partition coefficient (Wildman–Crippen LogP) is -0.451. The average Bonchev–Trinajstić information content (AvgIpc) is 2.92. The molecule has 1 aliphatic carbocycles. The highest BCUT2D eigenvalue weighted by atomic mass is 16.2. The van der Waals surface area contributed by atoms with E-state index in [1.165, 1.54) is 0 Å². The molecule has 0 radical (unpaired) electrons. The molecule has 7 heteroatoms. The van der Waals surface area contributed by atoms with Crippen molar-refractivity contribution in [1.29, 1.82) is 0 Å². The Bertz CT molecular complexity index is 425. The summed E-state index contributed by atoms with van der Waals surface area (Å²) in [5, 5.41) is 8.69. The maximum atomic E-state index is 12.6. The quantitative estimate of drug-likeness (QED) is 0.515. The van der Waals surface area contributed by atoms with Crippen LogP contribution in [-0.4, -0.2) is 42.4 Å². The monoisotopic (exact) mass is 310 g/mol. The van der Waals surface area contributed by atoms with Gasteiger partial charge in [0.15, 0.2) is 0 Å². The van der Waals surface area contributed by atoms with Crippen molar-refractivity contribution in [2.24, 2.45) is 5.73 Å². The van der Waals surface area contributed by atoms with Crippen LogP contribution in [0.15, 0.2) is 0 Å². The van der Waals surface area contributed by atoms with Crippen LogP contribution in [0.3, 0.4) is 0 Å². The summed E-state index contributed by atoms with van der Waals surface area (Å²) in [5.41, 5.74) is 4.18. The Balaban J connectivity index is 2.07. The van der Waals surface area contributed by atoms with E-state index in [0.717, 1.165) is 45.1 Å². The Hall–Kier alpha value is -1.63. The van der Waals surface area contributed by atoms with Crippen molar-refractivity contribution in [3.63, 3.8) is 0 Å². The topological polar surface area (TPSA) is 113 Å². The van der Waals surface area contributed by atoms with Crippen molar-refractivity contribution in [3.05, 3.63) is 0 Å². The van der Waals surface area contributed by atoms with Crippen molar-refractivity contribution in [2.45, 2.75) is 62.9 Å². The molecule has 124 valence electrons. The second kappa shape index (κ2) is 7.58. The highest BCUT2D eigenvalue weighted by Crippen LogP contribution is 2.28. The first-order chi connectivity index (χ1) is 10.5. The molecule has 5 N–H and O–H groups in total. The summed E-state index contributed by atoms with van der Waals surface area (Å²) in [6, 6.07) is -0.218. The minimum absolute atomic E-state index is 0.117. The molecule has 2 rings (SSSR count). The number of carbonyl (C=O) groups excluding carboxylic acids is 3. The van der Waals surface area contributed by atoms with Gasteiger partial charge in [-0.2, -0.15) is 0 Å². The Kier molecular flexibility index (Phi) is 5.76. The third-order valence-electron chi connectivity index (χ3n) is 4.55. The summed E-state index contributed by atoms with van der Waals surface area (Å²) < 4.78 is 0. The molecule has 0 aromatic heterocycles. The van der Waals surface area contributed by atoms with E-state index in [1.807, 2.05) is 0 Å². The fourth-order valence-electron chi connectivity index (χ4n) is 3.31. The molecule has 1 heterocycles. The van der Waals surface area contributed by atoms with Gasteiger partial charge in [-0.15, -0.1) is 0 Å². The molecule has 2 fully saturated rings. The molecule has 0 unspecified atom stereocenters. The van der Waals surface area contributed by atoms with Gasteiger partial charge in [-0.3, -0.25) is 14.4 Å². The summed E-state index contributed by atoms with van der Waals surface area (Å²) in [4.78, 5) is 35.9. The van der Waals surface area contributed by atoms with E-state index < -0.39 is 11.4 Å². The summed E-state index contributed by atoms with van der Waals surface area (Å²) in [6.07, 6.45) is 6.88. The molecule has 0 bridgehead atoms. The number of hydrogen-bond donors (Lipinski definition) is 4. The first-order valence-corrected chi connectivity index (χ1v) is 8.15. The summed E-state index contributed by atoms with van der Waals surface area (Å²) in [6.45, 7) is 0.636. The van der Waals surface area contributed by atoms with Crippen LogP contribution in [0.25, 0.3) is 0 Å². The Morgan fingerprint density at radius 1 is 1.09 bits per heavy atom. The van der Waals surface area contributed by atoms with E-state index in [9.17, 15) is 14.4 Å². The molecule has 3 amide bonds. The zero-order valence-corrected chi connectivity index (χ0v) is 13.0. The predicted molar refractivity (Wildman–Crippen MR) is 81.8 cm³/mol. The molecule has 0 aromatic carbocycles.